The first-order valence-electron chi connectivity index (χ1n) is 8.79. The summed E-state index contributed by atoms with van der Waals surface area (Å²) >= 11 is 35.6. The van der Waals surface area contributed by atoms with Gasteiger partial charge in [-0.3, -0.25) is 10.1 Å². The van der Waals surface area contributed by atoms with E-state index in [0.717, 1.165) is 30.3 Å². The average Bonchev–Trinajstić information content (AvgIpc) is 2.79. The number of halogens is 9. The minimum absolute atomic E-state index is 0.187. The molecule has 0 aliphatic heterocycles. The van der Waals surface area contributed by atoms with Crippen molar-refractivity contribution in [1.29, 1.82) is 0 Å². The highest BCUT2D eigenvalue weighted by Gasteiger charge is 2.31. The predicted octanol–water partition coefficient (Wildman–Crippen LogP) is 9.55. The van der Waals surface area contributed by atoms with Gasteiger partial charge in [0.2, 0.25) is 0 Å². The van der Waals surface area contributed by atoms with Crippen LogP contribution in [0.2, 0.25) is 30.1 Å². The average molecular weight is 610 g/mol. The molecule has 0 aliphatic rings. The Bertz CT molecular complexity index is 1340. The van der Waals surface area contributed by atoms with E-state index in [4.69, 9.17) is 79.1 Å². The number of nitrogens with zero attached hydrogens (tertiary/aromatic N) is 1. The van der Waals surface area contributed by atoms with Crippen molar-refractivity contribution in [3.05, 3.63) is 87.8 Å². The summed E-state index contributed by atoms with van der Waals surface area (Å²) in [5.41, 5.74) is -2.33. The minimum atomic E-state index is -4.64. The molecule has 6 nitrogen and oxygen atoms in total. The molecule has 3 rings (SSSR count). The molecule has 3 aromatic rings. The van der Waals surface area contributed by atoms with Crippen molar-refractivity contribution in [1.82, 2.24) is 0 Å². The fraction of sp³-hybridized carbons (Fsp3) is 0.0500. The topological polar surface area (TPSA) is 78.7 Å². The summed E-state index contributed by atoms with van der Waals surface area (Å²) in [5.74, 6) is -2.22. The molecule has 0 aliphatic carbocycles. The zero-order chi connectivity index (χ0) is 26.2. The summed E-state index contributed by atoms with van der Waals surface area (Å²) in [6.07, 6.45) is -4.64. The first-order valence-corrected chi connectivity index (χ1v) is 11.1. The second kappa shape index (κ2) is 10.5. The van der Waals surface area contributed by atoms with Crippen LogP contribution in [0.25, 0.3) is 0 Å². The summed E-state index contributed by atoms with van der Waals surface area (Å²) in [6, 6.07) is 5.22. The highest BCUT2D eigenvalue weighted by Crippen LogP contribution is 2.48. The minimum Gasteiger partial charge on any atom is -0.456 e. The summed E-state index contributed by atoms with van der Waals surface area (Å²) < 4.78 is 49.0. The molecule has 0 spiro atoms. The van der Waals surface area contributed by atoms with Gasteiger partial charge in [-0.2, -0.15) is 13.2 Å². The highest BCUT2D eigenvalue weighted by atomic mass is 35.5. The molecule has 0 atom stereocenters. The number of esters is 1. The molecule has 0 fully saturated rings. The number of nitro groups is 1. The lowest BCUT2D eigenvalue weighted by Gasteiger charge is -2.14. The Kier molecular flexibility index (Phi) is 8.20. The quantitative estimate of drug-likeness (QED) is 0.0719. The molecule has 35 heavy (non-hydrogen) atoms. The van der Waals surface area contributed by atoms with Crippen LogP contribution in [0, 0.1) is 10.1 Å². The Balaban J connectivity index is 2.00. The Morgan fingerprint density at radius 2 is 1.43 bits per heavy atom. The van der Waals surface area contributed by atoms with Crippen molar-refractivity contribution in [2.24, 2.45) is 0 Å². The van der Waals surface area contributed by atoms with Gasteiger partial charge in [-0.15, -0.1) is 0 Å². The van der Waals surface area contributed by atoms with Gasteiger partial charge in [-0.05, 0) is 24.3 Å². The number of hydrogen-bond acceptors (Lipinski definition) is 5. The molecule has 0 heterocycles. The molecular weight excluding hydrogens is 604 g/mol. The number of rotatable bonds is 5. The molecule has 3 aromatic carbocycles. The van der Waals surface area contributed by atoms with Gasteiger partial charge in [0.25, 0.3) is 5.69 Å². The molecule has 0 saturated carbocycles. The van der Waals surface area contributed by atoms with Gasteiger partial charge in [0.05, 0.1) is 30.6 Å². The lowest BCUT2D eigenvalue weighted by atomic mass is 10.1. The molecule has 184 valence electrons. The van der Waals surface area contributed by atoms with Gasteiger partial charge in [0.1, 0.15) is 27.1 Å². The van der Waals surface area contributed by atoms with Gasteiger partial charge in [-0.25, -0.2) is 4.79 Å². The predicted molar refractivity (Wildman–Crippen MR) is 126 cm³/mol. The lowest BCUT2D eigenvalue weighted by molar-refractivity contribution is -0.385. The molecular formula is C20H6Cl6F3NO5. The maximum absolute atomic E-state index is 12.8. The molecule has 0 radical (unpaired) electrons. The highest BCUT2D eigenvalue weighted by molar-refractivity contribution is 6.55. The normalized spacial score (nSPS) is 11.3. The van der Waals surface area contributed by atoms with Gasteiger partial charge >= 0.3 is 12.1 Å². The van der Waals surface area contributed by atoms with E-state index in [1.807, 2.05) is 0 Å². The largest absolute Gasteiger partial charge is 0.456 e. The number of benzene rings is 3. The molecule has 0 aromatic heterocycles. The van der Waals surface area contributed by atoms with Crippen LogP contribution in [0.3, 0.4) is 0 Å². The van der Waals surface area contributed by atoms with Crippen LogP contribution in [-0.4, -0.2) is 10.9 Å². The van der Waals surface area contributed by atoms with Gasteiger partial charge in [-0.1, -0.05) is 69.6 Å². The summed E-state index contributed by atoms with van der Waals surface area (Å²) in [7, 11) is 0. The second-order valence-corrected chi connectivity index (χ2v) is 8.77. The maximum atomic E-state index is 12.8. The number of ether oxygens (including phenoxy) is 2. The fourth-order valence-electron chi connectivity index (χ4n) is 2.61. The SMILES string of the molecule is O=C(Oc1c(Cl)c(Cl)c(Cl)c(Cl)c1Cl)c1cc(Oc2ccc(C(F)(F)F)cc2Cl)ccc1[N+](=O)[O-]. The van der Waals surface area contributed by atoms with Crippen molar-refractivity contribution < 1.29 is 32.4 Å². The third kappa shape index (κ3) is 5.82. The van der Waals surface area contributed by atoms with Crippen LogP contribution in [0.1, 0.15) is 15.9 Å². The van der Waals surface area contributed by atoms with Crippen LogP contribution >= 0.6 is 69.6 Å². The van der Waals surface area contributed by atoms with E-state index in [1.54, 1.807) is 0 Å². The third-order valence-corrected chi connectivity index (χ3v) is 6.77. The van der Waals surface area contributed by atoms with E-state index < -0.39 is 44.7 Å². The van der Waals surface area contributed by atoms with Gasteiger partial charge in [0.15, 0.2) is 5.75 Å². The van der Waals surface area contributed by atoms with Crippen molar-refractivity contribution >= 4 is 81.3 Å². The molecule has 0 saturated heterocycles. The molecule has 0 N–H and O–H groups in total. The Hall–Kier alpha value is -2.14. The zero-order valence-corrected chi connectivity index (χ0v) is 20.9. The summed E-state index contributed by atoms with van der Waals surface area (Å²) in [5, 5.41) is 9.50. The zero-order valence-electron chi connectivity index (χ0n) is 16.4. The number of hydrogen-bond donors (Lipinski definition) is 0. The van der Waals surface area contributed by atoms with Crippen molar-refractivity contribution in [3.63, 3.8) is 0 Å². The number of alkyl halides is 3. The first kappa shape index (κ1) is 27.4. The van der Waals surface area contributed by atoms with Crippen LogP contribution in [0.5, 0.6) is 17.2 Å². The van der Waals surface area contributed by atoms with E-state index in [1.165, 1.54) is 0 Å². The number of carbonyl (C=O) groups is 1. The Morgan fingerprint density at radius 3 is 1.94 bits per heavy atom. The van der Waals surface area contributed by atoms with Crippen LogP contribution < -0.4 is 9.47 Å². The number of nitro benzene ring substituents is 1. The Labute approximate surface area is 224 Å². The summed E-state index contributed by atoms with van der Waals surface area (Å²) in [6.45, 7) is 0. The van der Waals surface area contributed by atoms with Gasteiger partial charge < -0.3 is 9.47 Å². The monoisotopic (exact) mass is 607 g/mol. The van der Waals surface area contributed by atoms with E-state index in [0.29, 0.717) is 6.07 Å². The van der Waals surface area contributed by atoms with Crippen molar-refractivity contribution in [3.8, 4) is 17.2 Å². The lowest BCUT2D eigenvalue weighted by Crippen LogP contribution is -2.12. The van der Waals surface area contributed by atoms with E-state index in [9.17, 15) is 28.1 Å². The van der Waals surface area contributed by atoms with E-state index >= 15 is 0 Å². The standard InChI is InChI=1S/C20H6Cl6F3NO5/c21-10-5-7(20(27,28)29)1-4-12(10)34-8-2-3-11(30(32)33)9(6-8)19(31)35-18-16(25)14(23)13(22)15(24)17(18)26/h1-6H. The second-order valence-electron chi connectivity index (χ2n) is 6.47. The van der Waals surface area contributed by atoms with Crippen LogP contribution in [-0.2, 0) is 6.18 Å². The smallest absolute Gasteiger partial charge is 0.416 e. The van der Waals surface area contributed by atoms with E-state index in [2.05, 4.69) is 0 Å². The van der Waals surface area contributed by atoms with Crippen LogP contribution in [0.15, 0.2) is 36.4 Å². The Morgan fingerprint density at radius 1 is 0.857 bits per heavy atom. The summed E-state index contributed by atoms with van der Waals surface area (Å²) in [4.78, 5) is 23.4. The third-order valence-electron chi connectivity index (χ3n) is 4.24. The van der Waals surface area contributed by atoms with Gasteiger partial charge in [0, 0.05) is 12.1 Å². The van der Waals surface area contributed by atoms with Crippen molar-refractivity contribution in [2.45, 2.75) is 6.18 Å². The van der Waals surface area contributed by atoms with Crippen molar-refractivity contribution in [2.75, 3.05) is 0 Å². The molecule has 0 bridgehead atoms. The van der Waals surface area contributed by atoms with E-state index in [-0.39, 0.29) is 36.6 Å². The number of carbonyl (C=O) groups excluding carboxylic acids is 1. The first-order chi connectivity index (χ1) is 16.2. The molecule has 0 unspecified atom stereocenters. The molecule has 15 heteroatoms. The fourth-order valence-corrected chi connectivity index (χ4v) is 4.03. The molecule has 0 amide bonds. The maximum Gasteiger partial charge on any atom is 0.416 e. The van der Waals surface area contributed by atoms with Crippen LogP contribution in [0.4, 0.5) is 18.9 Å².